The van der Waals surface area contributed by atoms with E-state index in [4.69, 9.17) is 9.47 Å². The first-order valence-corrected chi connectivity index (χ1v) is 23.0. The summed E-state index contributed by atoms with van der Waals surface area (Å²) in [5.41, 5.74) is 2.61. The van der Waals surface area contributed by atoms with Gasteiger partial charge in [-0.25, -0.2) is 0 Å². The van der Waals surface area contributed by atoms with E-state index < -0.39 is 0 Å². The van der Waals surface area contributed by atoms with Gasteiger partial charge in [0.15, 0.2) is 11.5 Å². The van der Waals surface area contributed by atoms with Crippen LogP contribution < -0.4 is 20.1 Å². The van der Waals surface area contributed by atoms with Crippen molar-refractivity contribution < 1.29 is 19.7 Å². The molecule has 6 nitrogen and oxygen atoms in total. The van der Waals surface area contributed by atoms with Crippen LogP contribution in [0.1, 0.15) is 52.7 Å². The zero-order chi connectivity index (χ0) is 36.6. The summed E-state index contributed by atoms with van der Waals surface area (Å²) in [4.78, 5) is 0. The predicted octanol–water partition coefficient (Wildman–Crippen LogP) is 12.5. The van der Waals surface area contributed by atoms with Gasteiger partial charge in [-0.2, -0.15) is 0 Å². The molecule has 0 aliphatic carbocycles. The minimum absolute atomic E-state index is 0.273. The van der Waals surface area contributed by atoms with Crippen LogP contribution in [0.5, 0.6) is 34.5 Å². The molecule has 13 heteroatoms. The van der Waals surface area contributed by atoms with E-state index in [-0.39, 0.29) is 5.75 Å². The summed E-state index contributed by atoms with van der Waals surface area (Å²) >= 11 is 15.6. The molecule has 4 rings (SSSR count). The quantitative estimate of drug-likeness (QED) is 0.106. The summed E-state index contributed by atoms with van der Waals surface area (Å²) in [6.45, 7) is 13.1. The molecule has 0 radical (unpaired) electrons. The summed E-state index contributed by atoms with van der Waals surface area (Å²) in [6, 6.07) is 19.6. The van der Waals surface area contributed by atoms with Crippen molar-refractivity contribution in [1.82, 2.24) is 10.6 Å². The van der Waals surface area contributed by atoms with Crippen molar-refractivity contribution in [1.29, 1.82) is 0 Å². The van der Waals surface area contributed by atoms with Crippen molar-refractivity contribution in [3.63, 3.8) is 0 Å². The van der Waals surface area contributed by atoms with Crippen LogP contribution >= 0.6 is 158 Å². The van der Waals surface area contributed by atoms with Gasteiger partial charge in [-0.3, -0.25) is 0 Å². The SMILES string of the molecule is CC(C)NC(C)Cc1cc(I)c(Oc2cc(I)c(O)c(I)c2)c(I)c1.CC(C)NC(C)Cc1cc(I)c(Oc2ccc(O)c(I)c2)c(I)c1. The van der Waals surface area contributed by atoms with Crippen LogP contribution in [0.4, 0.5) is 0 Å². The largest absolute Gasteiger partial charge is 0.507 e. The van der Waals surface area contributed by atoms with Gasteiger partial charge in [-0.15, -0.1) is 0 Å². The molecule has 4 aromatic rings. The lowest BCUT2D eigenvalue weighted by molar-refractivity contribution is 0.454. The smallest absolute Gasteiger partial charge is 0.154 e. The highest BCUT2D eigenvalue weighted by atomic mass is 127. The molecule has 0 aliphatic heterocycles. The molecule has 0 fully saturated rings. The standard InChI is InChI=1S/C18H19I4NO2.C18H20I3NO2/c1-9(2)23-10(3)4-11-5-15(21)18(16(22)6-11)25-12-7-13(19)17(24)14(20)8-12;1-10(2)22-11(3)6-12-7-15(20)18(16(21)8-12)24-13-4-5-17(23)14(19)9-13/h5-10,23-24H,4H2,1-3H3;4-5,7-11,22-23H,6H2,1-3H3. The van der Waals surface area contributed by atoms with Crippen molar-refractivity contribution in [2.75, 3.05) is 0 Å². The van der Waals surface area contributed by atoms with Crippen molar-refractivity contribution in [2.45, 2.75) is 78.6 Å². The molecule has 0 bridgehead atoms. The normalized spacial score (nSPS) is 12.5. The first-order valence-electron chi connectivity index (χ1n) is 15.4. The molecule has 266 valence electrons. The molecular formula is C36H39I7N2O4. The molecule has 2 unspecified atom stereocenters. The van der Waals surface area contributed by atoms with E-state index in [9.17, 15) is 10.2 Å². The Labute approximate surface area is 386 Å². The summed E-state index contributed by atoms with van der Waals surface area (Å²) in [7, 11) is 0. The van der Waals surface area contributed by atoms with Gasteiger partial charge in [0.05, 0.1) is 25.0 Å². The van der Waals surface area contributed by atoms with E-state index in [1.165, 1.54) is 11.1 Å². The van der Waals surface area contributed by atoms with Crippen LogP contribution in [0.25, 0.3) is 0 Å². The molecule has 2 atom stereocenters. The van der Waals surface area contributed by atoms with Gasteiger partial charge in [0.1, 0.15) is 23.0 Å². The molecule has 0 saturated heterocycles. The van der Waals surface area contributed by atoms with Crippen LogP contribution in [-0.4, -0.2) is 34.4 Å². The number of rotatable bonds is 12. The fraction of sp³-hybridized carbons (Fsp3) is 0.333. The minimum atomic E-state index is 0.273. The minimum Gasteiger partial charge on any atom is -0.507 e. The number of halogens is 7. The number of ether oxygens (including phenoxy) is 2. The number of aromatic hydroxyl groups is 2. The summed E-state index contributed by atoms with van der Waals surface area (Å²) < 4.78 is 18.9. The third-order valence-electron chi connectivity index (χ3n) is 6.78. The maximum Gasteiger partial charge on any atom is 0.154 e. The lowest BCUT2D eigenvalue weighted by Crippen LogP contribution is -2.33. The van der Waals surface area contributed by atoms with Crippen LogP contribution in [0, 0.1) is 25.0 Å². The second-order valence-corrected chi connectivity index (χ2v) is 20.3. The van der Waals surface area contributed by atoms with Gasteiger partial charge in [-0.05, 0) is 251 Å². The first kappa shape index (κ1) is 44.5. The third-order valence-corrected chi connectivity index (χ3v) is 12.5. The Morgan fingerprint density at radius 3 is 1.24 bits per heavy atom. The van der Waals surface area contributed by atoms with Crippen molar-refractivity contribution >= 4 is 158 Å². The number of hydrogen-bond acceptors (Lipinski definition) is 6. The Balaban J connectivity index is 0.000000266. The monoisotopic (exact) mass is 1450 g/mol. The highest BCUT2D eigenvalue weighted by Gasteiger charge is 2.16. The Hall–Kier alpha value is 1.11. The fourth-order valence-electron chi connectivity index (χ4n) is 5.01. The van der Waals surface area contributed by atoms with E-state index in [0.717, 1.165) is 60.8 Å². The van der Waals surface area contributed by atoms with E-state index in [1.54, 1.807) is 12.1 Å². The van der Waals surface area contributed by atoms with Gasteiger partial charge in [0.25, 0.3) is 0 Å². The number of benzene rings is 4. The number of phenolic OH excluding ortho intramolecular Hbond substituents is 2. The number of phenols is 2. The second-order valence-electron chi connectivity index (χ2n) is 12.2. The van der Waals surface area contributed by atoms with Gasteiger partial charge in [0.2, 0.25) is 0 Å². The molecular weight excluding hydrogens is 1410 g/mol. The second kappa shape index (κ2) is 21.3. The zero-order valence-corrected chi connectivity index (χ0v) is 42.9. The average molecular weight is 1450 g/mol. The third kappa shape index (κ3) is 14.7. The zero-order valence-electron chi connectivity index (χ0n) is 27.8. The van der Waals surface area contributed by atoms with Gasteiger partial charge >= 0.3 is 0 Å². The van der Waals surface area contributed by atoms with Crippen molar-refractivity contribution in [3.05, 3.63) is 90.7 Å². The van der Waals surface area contributed by atoms with Gasteiger partial charge < -0.3 is 30.3 Å². The van der Waals surface area contributed by atoms with Crippen molar-refractivity contribution in [2.24, 2.45) is 0 Å². The van der Waals surface area contributed by atoms with E-state index in [1.807, 2.05) is 18.2 Å². The topological polar surface area (TPSA) is 83.0 Å². The highest BCUT2D eigenvalue weighted by molar-refractivity contribution is 14.1. The molecule has 0 saturated carbocycles. The van der Waals surface area contributed by atoms with Crippen LogP contribution in [0.3, 0.4) is 0 Å². The molecule has 4 aromatic carbocycles. The molecule has 0 amide bonds. The van der Waals surface area contributed by atoms with Crippen molar-refractivity contribution in [3.8, 4) is 34.5 Å². The Morgan fingerprint density at radius 2 is 0.878 bits per heavy atom. The summed E-state index contributed by atoms with van der Waals surface area (Å²) in [5, 5.41) is 26.6. The Bertz CT molecular complexity index is 1670. The molecule has 4 N–H and O–H groups in total. The molecule has 0 spiro atoms. The van der Waals surface area contributed by atoms with E-state index in [2.05, 4.69) is 235 Å². The molecule has 0 heterocycles. The van der Waals surface area contributed by atoms with Crippen LogP contribution in [-0.2, 0) is 12.8 Å². The first-order chi connectivity index (χ1) is 22.9. The van der Waals surface area contributed by atoms with Crippen LogP contribution in [0.15, 0.2) is 54.6 Å². The molecule has 0 aromatic heterocycles. The fourth-order valence-corrected chi connectivity index (χ4v) is 11.4. The average Bonchev–Trinajstić information content (AvgIpc) is 2.97. The van der Waals surface area contributed by atoms with Gasteiger partial charge in [0, 0.05) is 24.2 Å². The Morgan fingerprint density at radius 1 is 0.510 bits per heavy atom. The highest BCUT2D eigenvalue weighted by Crippen LogP contribution is 2.38. The number of nitrogens with one attached hydrogen (secondary N) is 2. The van der Waals surface area contributed by atoms with E-state index >= 15 is 0 Å². The predicted molar refractivity (Wildman–Crippen MR) is 261 cm³/mol. The lowest BCUT2D eigenvalue weighted by atomic mass is 10.1. The van der Waals surface area contributed by atoms with E-state index in [0.29, 0.717) is 29.9 Å². The molecule has 49 heavy (non-hydrogen) atoms. The van der Waals surface area contributed by atoms with Gasteiger partial charge in [-0.1, -0.05) is 27.7 Å². The maximum absolute atomic E-state index is 9.91. The molecule has 0 aliphatic rings. The lowest BCUT2D eigenvalue weighted by Gasteiger charge is -2.18. The number of hydrogen-bond donors (Lipinski definition) is 4. The summed E-state index contributed by atoms with van der Waals surface area (Å²) in [6.07, 6.45) is 1.97. The van der Waals surface area contributed by atoms with Crippen LogP contribution in [0.2, 0.25) is 0 Å². The maximum atomic E-state index is 9.91. The summed E-state index contributed by atoms with van der Waals surface area (Å²) in [5.74, 6) is 3.78. The Kier molecular flexibility index (Phi) is 19.3.